The van der Waals surface area contributed by atoms with E-state index in [4.69, 9.17) is 0 Å². The summed E-state index contributed by atoms with van der Waals surface area (Å²) in [6.45, 7) is 10.8. The van der Waals surface area contributed by atoms with Crippen molar-refractivity contribution in [2.45, 2.75) is 41.4 Å². The van der Waals surface area contributed by atoms with Crippen LogP contribution in [-0.4, -0.2) is 25.4 Å². The zero-order chi connectivity index (χ0) is 24.0. The third kappa shape index (κ3) is 5.48. The van der Waals surface area contributed by atoms with Crippen molar-refractivity contribution in [3.8, 4) is 0 Å². The van der Waals surface area contributed by atoms with Crippen molar-refractivity contribution in [1.29, 1.82) is 0 Å². The fourth-order valence-electron chi connectivity index (χ4n) is 4.76. The van der Waals surface area contributed by atoms with E-state index < -0.39 is 0 Å². The summed E-state index contributed by atoms with van der Waals surface area (Å²) in [6, 6.07) is 17.9. The molecule has 1 saturated heterocycles. The maximum atomic E-state index is 13.4. The largest absolute Gasteiger partial charge is 0.372 e. The first-order valence-corrected chi connectivity index (χ1v) is 13.7. The zero-order valence-electron chi connectivity index (χ0n) is 19.8. The van der Waals surface area contributed by atoms with E-state index in [0.717, 1.165) is 30.0 Å². The molecule has 0 aliphatic carbocycles. The number of nitrogens with zero attached hydrogens (tertiary/aromatic N) is 1. The average Bonchev–Trinajstić information content (AvgIpc) is 3.43. The van der Waals surface area contributed by atoms with Gasteiger partial charge in [-0.1, -0.05) is 30.4 Å². The second kappa shape index (κ2) is 11.4. The average molecular weight is 493 g/mol. The van der Waals surface area contributed by atoms with Crippen molar-refractivity contribution >= 4 is 28.8 Å². The number of hydrogen-bond acceptors (Lipinski definition) is 4. The molecule has 4 rings (SSSR count). The van der Waals surface area contributed by atoms with Crippen molar-refractivity contribution in [3.05, 3.63) is 107 Å². The molecule has 34 heavy (non-hydrogen) atoms. The van der Waals surface area contributed by atoms with E-state index in [9.17, 15) is 4.39 Å². The molecule has 0 saturated carbocycles. The summed E-state index contributed by atoms with van der Waals surface area (Å²) in [7, 11) is 2.03. The monoisotopic (exact) mass is 492 g/mol. The quantitative estimate of drug-likeness (QED) is 0.231. The number of nitrogens with one attached hydrogen (secondary N) is 1. The van der Waals surface area contributed by atoms with Crippen molar-refractivity contribution < 1.29 is 4.39 Å². The van der Waals surface area contributed by atoms with Crippen LogP contribution in [0, 0.1) is 5.82 Å². The molecule has 1 aliphatic heterocycles. The molecule has 2 unspecified atom stereocenters. The van der Waals surface area contributed by atoms with E-state index in [-0.39, 0.29) is 16.6 Å². The highest BCUT2D eigenvalue weighted by Gasteiger charge is 2.35. The zero-order valence-corrected chi connectivity index (χ0v) is 21.4. The molecule has 1 N–H and O–H groups in total. The predicted octanol–water partition coefficient (Wildman–Crippen LogP) is 7.63. The molecule has 2 atom stereocenters. The van der Waals surface area contributed by atoms with Gasteiger partial charge in [0, 0.05) is 28.9 Å². The Labute approximate surface area is 211 Å². The van der Waals surface area contributed by atoms with Crippen LogP contribution in [-0.2, 0) is 5.54 Å². The Morgan fingerprint density at radius 3 is 2.38 bits per heavy atom. The smallest absolute Gasteiger partial charge is 0.123 e. The maximum absolute atomic E-state index is 13.4. The summed E-state index contributed by atoms with van der Waals surface area (Å²) >= 11 is 3.36. The number of thiophene rings is 1. The molecular formula is C29H33FN2S2. The van der Waals surface area contributed by atoms with Crippen LogP contribution in [0.15, 0.2) is 95.1 Å². The fraction of sp³-hybridized carbons (Fsp3) is 0.310. The van der Waals surface area contributed by atoms with E-state index in [0.29, 0.717) is 0 Å². The molecule has 2 aromatic carbocycles. The van der Waals surface area contributed by atoms with Gasteiger partial charge in [0.25, 0.3) is 0 Å². The van der Waals surface area contributed by atoms with E-state index in [1.807, 2.05) is 25.3 Å². The molecule has 0 radical (unpaired) electrons. The molecule has 0 spiro atoms. The van der Waals surface area contributed by atoms with Crippen LogP contribution in [0.3, 0.4) is 0 Å². The molecular weight excluding hydrogens is 459 g/mol. The third-order valence-corrected chi connectivity index (χ3v) is 8.71. The van der Waals surface area contributed by atoms with Crippen LogP contribution < -0.4 is 10.2 Å². The van der Waals surface area contributed by atoms with E-state index in [2.05, 4.69) is 64.5 Å². The Morgan fingerprint density at radius 2 is 1.79 bits per heavy atom. The van der Waals surface area contributed by atoms with Gasteiger partial charge in [0.2, 0.25) is 0 Å². The predicted molar refractivity (Wildman–Crippen MR) is 147 cm³/mol. The molecule has 1 aromatic heterocycles. The molecule has 2 heterocycles. The molecule has 0 bridgehead atoms. The van der Waals surface area contributed by atoms with Crippen LogP contribution in [0.1, 0.15) is 36.8 Å². The maximum Gasteiger partial charge on any atom is 0.123 e. The summed E-state index contributed by atoms with van der Waals surface area (Å²) in [5, 5.41) is 8.02. The topological polar surface area (TPSA) is 15.3 Å². The van der Waals surface area contributed by atoms with Crippen LogP contribution in [0.5, 0.6) is 0 Å². The minimum atomic E-state index is -0.387. The highest BCUT2D eigenvalue weighted by Crippen LogP contribution is 2.40. The van der Waals surface area contributed by atoms with Crippen LogP contribution in [0.25, 0.3) is 0 Å². The van der Waals surface area contributed by atoms with Gasteiger partial charge < -0.3 is 10.2 Å². The Kier molecular flexibility index (Phi) is 8.30. The summed E-state index contributed by atoms with van der Waals surface area (Å²) in [5.74, 6) is -0.224. The number of rotatable bonds is 10. The summed E-state index contributed by atoms with van der Waals surface area (Å²) in [5.41, 5.74) is 4.45. The van der Waals surface area contributed by atoms with E-state index in [1.54, 1.807) is 23.1 Å². The van der Waals surface area contributed by atoms with Gasteiger partial charge in [-0.05, 0) is 97.1 Å². The lowest BCUT2D eigenvalue weighted by Crippen LogP contribution is -2.42. The van der Waals surface area contributed by atoms with Crippen molar-refractivity contribution in [2.75, 3.05) is 25.0 Å². The van der Waals surface area contributed by atoms with Crippen molar-refractivity contribution in [3.63, 3.8) is 0 Å². The van der Waals surface area contributed by atoms with Gasteiger partial charge in [-0.3, -0.25) is 0 Å². The Morgan fingerprint density at radius 1 is 1.09 bits per heavy atom. The molecule has 2 nitrogen and oxygen atoms in total. The molecule has 3 aromatic rings. The molecule has 1 fully saturated rings. The van der Waals surface area contributed by atoms with Gasteiger partial charge in [-0.25, -0.2) is 4.39 Å². The van der Waals surface area contributed by atoms with Gasteiger partial charge >= 0.3 is 0 Å². The van der Waals surface area contributed by atoms with Crippen LogP contribution >= 0.6 is 23.1 Å². The number of hydrogen-bond donors (Lipinski definition) is 1. The lowest BCUT2D eigenvalue weighted by Gasteiger charge is -2.37. The highest BCUT2D eigenvalue weighted by atomic mass is 32.2. The second-order valence-corrected chi connectivity index (χ2v) is 10.8. The normalized spacial score (nSPS) is 16.6. The minimum absolute atomic E-state index is 0.0180. The molecule has 1 aliphatic rings. The van der Waals surface area contributed by atoms with Gasteiger partial charge in [-0.2, -0.15) is 11.3 Å². The lowest BCUT2D eigenvalue weighted by molar-refractivity contribution is 0.433. The van der Waals surface area contributed by atoms with Gasteiger partial charge in [0.1, 0.15) is 5.82 Å². The first-order chi connectivity index (χ1) is 16.6. The summed E-state index contributed by atoms with van der Waals surface area (Å²) in [4.78, 5) is 3.49. The lowest BCUT2D eigenvalue weighted by atomic mass is 9.78. The van der Waals surface area contributed by atoms with Gasteiger partial charge in [0.15, 0.2) is 0 Å². The Balaban J connectivity index is 1.61. The first-order valence-electron chi connectivity index (χ1n) is 11.9. The Hall–Kier alpha value is -2.34. The van der Waals surface area contributed by atoms with Crippen molar-refractivity contribution in [1.82, 2.24) is 5.32 Å². The number of anilines is 1. The third-order valence-electron chi connectivity index (χ3n) is 6.71. The SMILES string of the molecule is C=CC(Sc1ccc(F)cc1)C(=C)CC(NC)(c1ccc(N2CCCCC2)cc1)c1ccsc1. The number of halogens is 1. The highest BCUT2D eigenvalue weighted by molar-refractivity contribution is 8.00. The van der Waals surface area contributed by atoms with Crippen molar-refractivity contribution in [2.24, 2.45) is 0 Å². The standard InChI is InChI=1S/C29H33FN2S2/c1-4-28(34-27-14-10-25(30)11-15-27)22(2)20-29(31-3,24-16-19-33-21-24)23-8-12-26(13-9-23)32-17-6-5-7-18-32/h4,8-16,19,21,28,31H,1-2,5-7,17-18,20H2,3H3. The summed E-state index contributed by atoms with van der Waals surface area (Å²) in [6.07, 6.45) is 6.54. The molecule has 5 heteroatoms. The molecule has 0 amide bonds. The van der Waals surface area contributed by atoms with Crippen LogP contribution in [0.4, 0.5) is 10.1 Å². The van der Waals surface area contributed by atoms with E-state index in [1.165, 1.54) is 48.2 Å². The first kappa shape index (κ1) is 24.8. The fourth-order valence-corrected chi connectivity index (χ4v) is 6.43. The Bertz CT molecular complexity index is 1070. The van der Waals surface area contributed by atoms with Gasteiger partial charge in [-0.15, -0.1) is 18.3 Å². The number of piperidine rings is 1. The second-order valence-electron chi connectivity index (χ2n) is 8.83. The van der Waals surface area contributed by atoms with E-state index >= 15 is 0 Å². The molecule has 178 valence electrons. The number of benzene rings is 2. The summed E-state index contributed by atoms with van der Waals surface area (Å²) < 4.78 is 13.4. The number of thioether (sulfide) groups is 1. The minimum Gasteiger partial charge on any atom is -0.372 e. The van der Waals surface area contributed by atoms with Gasteiger partial charge in [0.05, 0.1) is 5.54 Å². The van der Waals surface area contributed by atoms with Crippen LogP contribution in [0.2, 0.25) is 0 Å².